The Hall–Kier alpha value is -0.920. The third-order valence-corrected chi connectivity index (χ3v) is 1.84. The summed E-state index contributed by atoms with van der Waals surface area (Å²) in [5.74, 6) is 0.725. The molecule has 0 fully saturated rings. The number of allylic oxidation sites excluding steroid dienone is 3. The Kier molecular flexibility index (Phi) is 2.22. The van der Waals surface area contributed by atoms with Crippen molar-refractivity contribution in [3.05, 3.63) is 29.6 Å². The lowest BCUT2D eigenvalue weighted by Gasteiger charge is -2.16. The van der Waals surface area contributed by atoms with Gasteiger partial charge in [0.1, 0.15) is 11.5 Å². The molecule has 0 aromatic carbocycles. The summed E-state index contributed by atoms with van der Waals surface area (Å²) >= 11 is 0. The quantitative estimate of drug-likeness (QED) is 0.607. The molecule has 2 N–H and O–H groups in total. The molecule has 1 radical (unpaired) electrons. The van der Waals surface area contributed by atoms with E-state index in [2.05, 4.69) is 0 Å². The average Bonchev–Trinajstić information content (AvgIpc) is 1.85. The van der Waals surface area contributed by atoms with E-state index in [9.17, 15) is 5.11 Å². The van der Waals surface area contributed by atoms with Crippen LogP contribution in [0.4, 0.5) is 0 Å². The van der Waals surface area contributed by atoms with Crippen molar-refractivity contribution >= 4 is 0 Å². The molecule has 0 atom stereocenters. The highest BCUT2D eigenvalue weighted by Crippen LogP contribution is 2.25. The van der Waals surface area contributed by atoms with Crippen LogP contribution in [0, 0.1) is 12.3 Å². The molecule has 61 valence electrons. The third-order valence-electron chi connectivity index (χ3n) is 1.84. The third kappa shape index (κ3) is 1.76. The van der Waals surface area contributed by atoms with Crippen molar-refractivity contribution in [2.24, 2.45) is 5.92 Å². The molecular weight excluding hydrogens is 140 g/mol. The lowest BCUT2D eigenvalue weighted by molar-refractivity contribution is 0.375. The number of hydrogen-bond donors (Lipinski definition) is 2. The minimum atomic E-state index is 0.159. The first-order chi connectivity index (χ1) is 5.11. The van der Waals surface area contributed by atoms with E-state index < -0.39 is 0 Å². The van der Waals surface area contributed by atoms with E-state index in [1.807, 2.05) is 13.8 Å². The van der Waals surface area contributed by atoms with Gasteiger partial charge in [-0.1, -0.05) is 13.8 Å². The monoisotopic (exact) mass is 153 g/mol. The molecule has 0 bridgehead atoms. The SMILES string of the molecule is CC(C)C1=C(O)C=C(O)[CH]C1. The van der Waals surface area contributed by atoms with Gasteiger partial charge < -0.3 is 10.2 Å². The zero-order valence-corrected chi connectivity index (χ0v) is 6.83. The predicted molar refractivity (Wildman–Crippen MR) is 44.1 cm³/mol. The van der Waals surface area contributed by atoms with Crippen LogP contribution in [0.5, 0.6) is 0 Å². The van der Waals surface area contributed by atoms with Crippen LogP contribution < -0.4 is 0 Å². The van der Waals surface area contributed by atoms with E-state index >= 15 is 0 Å². The molecule has 0 saturated carbocycles. The molecule has 0 spiro atoms. The molecule has 0 aliphatic heterocycles. The summed E-state index contributed by atoms with van der Waals surface area (Å²) in [5.41, 5.74) is 0.989. The van der Waals surface area contributed by atoms with Crippen LogP contribution in [0.3, 0.4) is 0 Å². The average molecular weight is 153 g/mol. The highest BCUT2D eigenvalue weighted by Gasteiger charge is 2.14. The first kappa shape index (κ1) is 8.18. The first-order valence-corrected chi connectivity index (χ1v) is 3.77. The van der Waals surface area contributed by atoms with Crippen molar-refractivity contribution in [3.63, 3.8) is 0 Å². The van der Waals surface area contributed by atoms with Crippen LogP contribution in [-0.2, 0) is 0 Å². The van der Waals surface area contributed by atoms with Crippen LogP contribution >= 0.6 is 0 Å². The molecule has 11 heavy (non-hydrogen) atoms. The number of rotatable bonds is 1. The van der Waals surface area contributed by atoms with Crippen LogP contribution in [0.1, 0.15) is 20.3 Å². The second-order valence-corrected chi connectivity index (χ2v) is 3.04. The second kappa shape index (κ2) is 2.99. The fourth-order valence-corrected chi connectivity index (χ4v) is 1.14. The van der Waals surface area contributed by atoms with Gasteiger partial charge in [-0.2, -0.15) is 0 Å². The van der Waals surface area contributed by atoms with Gasteiger partial charge in [0.15, 0.2) is 0 Å². The Bertz CT molecular complexity index is 212. The van der Waals surface area contributed by atoms with Gasteiger partial charge in [0.05, 0.1) is 0 Å². The maximum atomic E-state index is 9.33. The molecule has 1 rings (SSSR count). The minimum absolute atomic E-state index is 0.159. The summed E-state index contributed by atoms with van der Waals surface area (Å²) in [5, 5.41) is 18.3. The van der Waals surface area contributed by atoms with Gasteiger partial charge in [-0.15, -0.1) is 0 Å². The lowest BCUT2D eigenvalue weighted by Crippen LogP contribution is -2.04. The fraction of sp³-hybridized carbons (Fsp3) is 0.444. The van der Waals surface area contributed by atoms with E-state index in [1.54, 1.807) is 6.42 Å². The van der Waals surface area contributed by atoms with Crippen LogP contribution in [-0.4, -0.2) is 10.2 Å². The molecule has 2 nitrogen and oxygen atoms in total. The van der Waals surface area contributed by atoms with Crippen molar-refractivity contribution in [2.45, 2.75) is 20.3 Å². The van der Waals surface area contributed by atoms with E-state index in [0.717, 1.165) is 5.57 Å². The molecule has 0 saturated heterocycles. The van der Waals surface area contributed by atoms with Gasteiger partial charge in [-0.3, -0.25) is 0 Å². The number of aliphatic hydroxyl groups excluding tert-OH is 2. The largest absolute Gasteiger partial charge is 0.512 e. The maximum absolute atomic E-state index is 9.33. The predicted octanol–water partition coefficient (Wildman–Crippen LogP) is 2.50. The summed E-state index contributed by atoms with van der Waals surface area (Å²) in [6, 6.07) is 0. The van der Waals surface area contributed by atoms with Crippen molar-refractivity contribution in [2.75, 3.05) is 0 Å². The normalized spacial score (nSPS) is 19.0. The zero-order valence-electron chi connectivity index (χ0n) is 6.83. The van der Waals surface area contributed by atoms with Crippen LogP contribution in [0.2, 0.25) is 0 Å². The highest BCUT2D eigenvalue weighted by molar-refractivity contribution is 5.32. The van der Waals surface area contributed by atoms with E-state index in [1.165, 1.54) is 6.08 Å². The Balaban J connectivity index is 2.86. The molecule has 0 heterocycles. The molecule has 2 heteroatoms. The Morgan fingerprint density at radius 2 is 2.00 bits per heavy atom. The summed E-state index contributed by atoms with van der Waals surface area (Å²) in [6.45, 7) is 4.05. The summed E-state index contributed by atoms with van der Waals surface area (Å²) < 4.78 is 0. The minimum Gasteiger partial charge on any atom is -0.512 e. The topological polar surface area (TPSA) is 40.5 Å². The highest BCUT2D eigenvalue weighted by atomic mass is 16.3. The van der Waals surface area contributed by atoms with Crippen molar-refractivity contribution in [1.82, 2.24) is 0 Å². The van der Waals surface area contributed by atoms with Gasteiger partial charge in [0.25, 0.3) is 0 Å². The van der Waals surface area contributed by atoms with Crippen molar-refractivity contribution < 1.29 is 10.2 Å². The van der Waals surface area contributed by atoms with Crippen LogP contribution in [0.25, 0.3) is 0 Å². The molecule has 0 aromatic rings. The summed E-state index contributed by atoms with van der Waals surface area (Å²) in [6.07, 6.45) is 3.75. The smallest absolute Gasteiger partial charge is 0.118 e. The standard InChI is InChI=1S/C9H13O2/c1-6(2)8-4-3-7(10)5-9(8)11/h3,5-6,10-11H,4H2,1-2H3. The molecule has 0 unspecified atom stereocenters. The summed E-state index contributed by atoms with van der Waals surface area (Å²) in [7, 11) is 0. The van der Waals surface area contributed by atoms with Gasteiger partial charge in [-0.05, 0) is 17.9 Å². The first-order valence-electron chi connectivity index (χ1n) is 3.77. The van der Waals surface area contributed by atoms with E-state index in [0.29, 0.717) is 12.3 Å². The van der Waals surface area contributed by atoms with Crippen LogP contribution in [0.15, 0.2) is 23.2 Å². The number of aliphatic hydroxyl groups is 2. The van der Waals surface area contributed by atoms with Crippen molar-refractivity contribution in [1.29, 1.82) is 0 Å². The van der Waals surface area contributed by atoms with Gasteiger partial charge in [0, 0.05) is 12.5 Å². The Morgan fingerprint density at radius 3 is 2.45 bits per heavy atom. The molecular formula is C9H13O2. The van der Waals surface area contributed by atoms with Gasteiger partial charge >= 0.3 is 0 Å². The number of hydrogen-bond acceptors (Lipinski definition) is 2. The second-order valence-electron chi connectivity index (χ2n) is 3.04. The Labute approximate surface area is 66.9 Å². The fourth-order valence-electron chi connectivity index (χ4n) is 1.14. The molecule has 1 aliphatic carbocycles. The summed E-state index contributed by atoms with van der Waals surface area (Å²) in [4.78, 5) is 0. The molecule has 0 aromatic heterocycles. The van der Waals surface area contributed by atoms with Gasteiger partial charge in [0.2, 0.25) is 0 Å². The van der Waals surface area contributed by atoms with E-state index in [-0.39, 0.29) is 11.5 Å². The zero-order chi connectivity index (χ0) is 8.43. The molecule has 1 aliphatic rings. The molecule has 0 amide bonds. The lowest BCUT2D eigenvalue weighted by atomic mass is 9.93. The van der Waals surface area contributed by atoms with Gasteiger partial charge in [-0.25, -0.2) is 0 Å². The van der Waals surface area contributed by atoms with Crippen molar-refractivity contribution in [3.8, 4) is 0 Å². The maximum Gasteiger partial charge on any atom is 0.118 e. The van der Waals surface area contributed by atoms with E-state index in [4.69, 9.17) is 5.11 Å². The Morgan fingerprint density at radius 1 is 1.36 bits per heavy atom.